The summed E-state index contributed by atoms with van der Waals surface area (Å²) in [6.07, 6.45) is -0.897. The van der Waals surface area contributed by atoms with Crippen LogP contribution in [-0.2, 0) is 23.4 Å². The van der Waals surface area contributed by atoms with E-state index in [0.717, 1.165) is 22.6 Å². The van der Waals surface area contributed by atoms with Crippen molar-refractivity contribution >= 4 is 30.9 Å². The average molecular weight is 458 g/mol. The Morgan fingerprint density at radius 2 is 1.61 bits per heavy atom. The van der Waals surface area contributed by atoms with Gasteiger partial charge in [0.1, 0.15) is 18.3 Å². The standard InChI is InChI=1S/C16H31IO5Si/c1-7-23(8-2,9-3)22-12-11(10-17)19-15(18-6)14-13(12)20-16(4,5)21-14/h11-15H,7-10H2,1-6H3/t11-,12-,13+,14+,15+/m1/s1. The summed E-state index contributed by atoms with van der Waals surface area (Å²) in [5, 5.41) is 0. The summed E-state index contributed by atoms with van der Waals surface area (Å²) in [6, 6.07) is 3.33. The summed E-state index contributed by atoms with van der Waals surface area (Å²) in [6.45, 7) is 10.6. The predicted octanol–water partition coefficient (Wildman–Crippen LogP) is 3.70. The van der Waals surface area contributed by atoms with Crippen LogP contribution in [0.1, 0.15) is 34.6 Å². The molecule has 0 unspecified atom stereocenters. The molecule has 2 aliphatic heterocycles. The van der Waals surface area contributed by atoms with Gasteiger partial charge in [0.05, 0.1) is 6.10 Å². The molecule has 136 valence electrons. The van der Waals surface area contributed by atoms with Gasteiger partial charge in [-0.1, -0.05) is 43.4 Å². The minimum absolute atomic E-state index is 0.0316. The molecule has 5 atom stereocenters. The quantitative estimate of drug-likeness (QED) is 0.331. The molecule has 0 aromatic carbocycles. The molecule has 0 amide bonds. The number of alkyl halides is 1. The zero-order valence-corrected chi connectivity index (χ0v) is 18.3. The predicted molar refractivity (Wildman–Crippen MR) is 100 cm³/mol. The van der Waals surface area contributed by atoms with E-state index in [0.29, 0.717) is 0 Å². The molecule has 0 aromatic heterocycles. The molecular formula is C16H31IO5Si. The second-order valence-corrected chi connectivity index (χ2v) is 12.4. The molecule has 23 heavy (non-hydrogen) atoms. The van der Waals surface area contributed by atoms with Crippen molar-refractivity contribution in [2.75, 3.05) is 11.5 Å². The molecule has 0 spiro atoms. The molecule has 2 rings (SSSR count). The Labute approximate surface area is 155 Å². The highest BCUT2D eigenvalue weighted by atomic mass is 127. The summed E-state index contributed by atoms with van der Waals surface area (Å²) < 4.78 is 31.6. The van der Waals surface area contributed by atoms with Gasteiger partial charge in [0.2, 0.25) is 0 Å². The lowest BCUT2D eigenvalue weighted by molar-refractivity contribution is -0.258. The van der Waals surface area contributed by atoms with E-state index in [2.05, 4.69) is 43.4 Å². The number of hydrogen-bond donors (Lipinski definition) is 0. The summed E-state index contributed by atoms with van der Waals surface area (Å²) in [4.78, 5) is 0. The van der Waals surface area contributed by atoms with Crippen LogP contribution in [0.25, 0.3) is 0 Å². The van der Waals surface area contributed by atoms with Crippen molar-refractivity contribution in [3.63, 3.8) is 0 Å². The van der Waals surface area contributed by atoms with Gasteiger partial charge in [-0.2, -0.15) is 0 Å². The van der Waals surface area contributed by atoms with Crippen molar-refractivity contribution in [1.29, 1.82) is 0 Å². The smallest absolute Gasteiger partial charge is 0.192 e. The highest BCUT2D eigenvalue weighted by Crippen LogP contribution is 2.41. The van der Waals surface area contributed by atoms with Crippen molar-refractivity contribution in [2.45, 2.75) is 89.2 Å². The molecule has 2 fully saturated rings. The summed E-state index contributed by atoms with van der Waals surface area (Å²) in [5.74, 6) is -0.633. The molecule has 0 N–H and O–H groups in total. The fourth-order valence-corrected chi connectivity index (χ4v) is 7.14. The van der Waals surface area contributed by atoms with E-state index >= 15 is 0 Å². The lowest BCUT2D eigenvalue weighted by Crippen LogP contribution is -2.61. The topological polar surface area (TPSA) is 46.2 Å². The summed E-state index contributed by atoms with van der Waals surface area (Å²) >= 11 is 2.36. The third-order valence-electron chi connectivity index (χ3n) is 5.13. The van der Waals surface area contributed by atoms with Gasteiger partial charge in [0, 0.05) is 11.5 Å². The van der Waals surface area contributed by atoms with E-state index in [1.54, 1.807) is 7.11 Å². The second kappa shape index (κ2) is 7.97. The molecule has 2 aliphatic rings. The van der Waals surface area contributed by atoms with Crippen LogP contribution in [0.2, 0.25) is 18.1 Å². The Kier molecular flexibility index (Phi) is 6.95. The van der Waals surface area contributed by atoms with Crippen molar-refractivity contribution in [2.24, 2.45) is 0 Å². The van der Waals surface area contributed by atoms with E-state index in [1.807, 2.05) is 13.8 Å². The molecule has 2 saturated heterocycles. The maximum absolute atomic E-state index is 6.78. The maximum atomic E-state index is 6.78. The minimum atomic E-state index is -1.76. The van der Waals surface area contributed by atoms with Gasteiger partial charge in [-0.3, -0.25) is 0 Å². The molecule has 0 radical (unpaired) electrons. The van der Waals surface area contributed by atoms with Crippen molar-refractivity contribution in [1.82, 2.24) is 0 Å². The van der Waals surface area contributed by atoms with E-state index in [1.165, 1.54) is 0 Å². The van der Waals surface area contributed by atoms with Gasteiger partial charge >= 0.3 is 0 Å². The lowest BCUT2D eigenvalue weighted by atomic mass is 10.0. The van der Waals surface area contributed by atoms with E-state index in [9.17, 15) is 0 Å². The molecule has 0 aliphatic carbocycles. The zero-order chi connectivity index (χ0) is 17.3. The number of rotatable bonds is 7. The second-order valence-electron chi connectivity index (χ2n) is 6.82. The Hall–Kier alpha value is 0.747. The molecular weight excluding hydrogens is 427 g/mol. The third-order valence-corrected chi connectivity index (χ3v) is 10.6. The Morgan fingerprint density at radius 3 is 2.09 bits per heavy atom. The molecule has 0 bridgehead atoms. The molecule has 7 heteroatoms. The normalized spacial score (nSPS) is 36.9. The number of halogens is 1. The van der Waals surface area contributed by atoms with Gasteiger partial charge in [-0.15, -0.1) is 0 Å². The van der Waals surface area contributed by atoms with Crippen molar-refractivity contribution < 1.29 is 23.4 Å². The maximum Gasteiger partial charge on any atom is 0.192 e. The van der Waals surface area contributed by atoms with Gasteiger partial charge in [-0.25, -0.2) is 0 Å². The highest BCUT2D eigenvalue weighted by Gasteiger charge is 2.57. The van der Waals surface area contributed by atoms with Gasteiger partial charge in [0.15, 0.2) is 20.4 Å². The van der Waals surface area contributed by atoms with Crippen LogP contribution < -0.4 is 0 Å². The van der Waals surface area contributed by atoms with Crippen LogP contribution in [-0.4, -0.2) is 56.3 Å². The first-order chi connectivity index (χ1) is 10.8. The average Bonchev–Trinajstić information content (AvgIpc) is 2.87. The summed E-state index contributed by atoms with van der Waals surface area (Å²) in [5.41, 5.74) is 0. The fraction of sp³-hybridized carbons (Fsp3) is 1.00. The zero-order valence-electron chi connectivity index (χ0n) is 15.1. The first kappa shape index (κ1) is 20.1. The molecule has 0 aromatic rings. The number of methoxy groups -OCH3 is 1. The third kappa shape index (κ3) is 4.12. The fourth-order valence-electron chi connectivity index (χ4n) is 3.57. The van der Waals surface area contributed by atoms with Crippen LogP contribution in [0.5, 0.6) is 0 Å². The van der Waals surface area contributed by atoms with Crippen LogP contribution in [0.3, 0.4) is 0 Å². The highest BCUT2D eigenvalue weighted by molar-refractivity contribution is 14.1. The Morgan fingerprint density at radius 1 is 1.04 bits per heavy atom. The first-order valence-electron chi connectivity index (χ1n) is 8.63. The number of ether oxygens (including phenoxy) is 4. The van der Waals surface area contributed by atoms with E-state index < -0.39 is 20.4 Å². The van der Waals surface area contributed by atoms with Gasteiger partial charge in [0.25, 0.3) is 0 Å². The molecule has 2 heterocycles. The van der Waals surface area contributed by atoms with Gasteiger partial charge in [-0.05, 0) is 32.0 Å². The van der Waals surface area contributed by atoms with Crippen LogP contribution in [0.4, 0.5) is 0 Å². The molecule has 5 nitrogen and oxygen atoms in total. The monoisotopic (exact) mass is 458 g/mol. The van der Waals surface area contributed by atoms with Crippen LogP contribution >= 0.6 is 22.6 Å². The van der Waals surface area contributed by atoms with E-state index in [-0.39, 0.29) is 24.4 Å². The molecule has 0 saturated carbocycles. The van der Waals surface area contributed by atoms with Crippen molar-refractivity contribution in [3.8, 4) is 0 Å². The minimum Gasteiger partial charge on any atom is -0.408 e. The SMILES string of the molecule is CC[Si](CC)(CC)O[C@H]1[C@@H]2OC(C)(C)O[C@@H]2[C@@H](OC)O[C@@H]1CI. The lowest BCUT2D eigenvalue weighted by Gasteiger charge is -2.45. The van der Waals surface area contributed by atoms with Gasteiger partial charge < -0.3 is 23.4 Å². The first-order valence-corrected chi connectivity index (χ1v) is 12.7. The van der Waals surface area contributed by atoms with Crippen molar-refractivity contribution in [3.05, 3.63) is 0 Å². The van der Waals surface area contributed by atoms with Crippen LogP contribution in [0, 0.1) is 0 Å². The number of fused-ring (bicyclic) bond motifs is 1. The Bertz CT molecular complexity index is 382. The summed E-state index contributed by atoms with van der Waals surface area (Å²) in [7, 11) is -0.103. The number of hydrogen-bond acceptors (Lipinski definition) is 5. The van der Waals surface area contributed by atoms with Crippen LogP contribution in [0.15, 0.2) is 0 Å². The van der Waals surface area contributed by atoms with E-state index in [4.69, 9.17) is 23.4 Å². The Balaban J connectivity index is 2.28. The largest absolute Gasteiger partial charge is 0.408 e.